The van der Waals surface area contributed by atoms with Crippen LogP contribution in [0.3, 0.4) is 0 Å². The minimum absolute atomic E-state index is 0.384. The fraction of sp³-hybridized carbons (Fsp3) is 0.412. The molecule has 0 radical (unpaired) electrons. The van der Waals surface area contributed by atoms with Crippen molar-refractivity contribution >= 4 is 11.3 Å². The van der Waals surface area contributed by atoms with Crippen molar-refractivity contribution in [1.82, 2.24) is 9.80 Å². The average Bonchev–Trinajstić information content (AvgIpc) is 3.05. The first kappa shape index (κ1) is 14.7. The van der Waals surface area contributed by atoms with Gasteiger partial charge in [-0.25, -0.2) is 0 Å². The molecule has 1 fully saturated rings. The fourth-order valence-corrected chi connectivity index (χ4v) is 3.74. The van der Waals surface area contributed by atoms with Crippen LogP contribution in [0, 0.1) is 0 Å². The molecule has 21 heavy (non-hydrogen) atoms. The minimum atomic E-state index is 0.384. The normalized spacial score (nSPS) is 18.7. The summed E-state index contributed by atoms with van der Waals surface area (Å²) in [6.45, 7) is 6.20. The van der Waals surface area contributed by atoms with E-state index in [2.05, 4.69) is 57.0 Å². The Kier molecular flexibility index (Phi) is 5.04. The van der Waals surface area contributed by atoms with Crippen LogP contribution in [0.4, 0.5) is 0 Å². The van der Waals surface area contributed by atoms with Gasteiger partial charge in [-0.1, -0.05) is 30.3 Å². The fourth-order valence-electron chi connectivity index (χ4n) is 3.04. The molecule has 112 valence electrons. The Morgan fingerprint density at radius 3 is 2.43 bits per heavy atom. The summed E-state index contributed by atoms with van der Waals surface area (Å²) in [6, 6.07) is 13.3. The Balaban J connectivity index is 1.55. The molecule has 2 heterocycles. The maximum absolute atomic E-state index is 6.00. The summed E-state index contributed by atoms with van der Waals surface area (Å²) in [5.74, 6) is 0. The minimum Gasteiger partial charge on any atom is -0.329 e. The van der Waals surface area contributed by atoms with E-state index in [1.54, 1.807) is 11.3 Å². The molecule has 4 heteroatoms. The van der Waals surface area contributed by atoms with Gasteiger partial charge in [-0.2, -0.15) is 11.3 Å². The lowest BCUT2D eigenvalue weighted by Crippen LogP contribution is -2.48. The van der Waals surface area contributed by atoms with Gasteiger partial charge in [-0.05, 0) is 28.0 Å². The van der Waals surface area contributed by atoms with Crippen molar-refractivity contribution in [2.75, 3.05) is 32.7 Å². The van der Waals surface area contributed by atoms with E-state index in [0.29, 0.717) is 12.6 Å². The molecule has 2 aromatic rings. The van der Waals surface area contributed by atoms with Crippen LogP contribution in [0.5, 0.6) is 0 Å². The zero-order valence-electron chi connectivity index (χ0n) is 12.3. The molecule has 0 aliphatic carbocycles. The highest BCUT2D eigenvalue weighted by atomic mass is 32.1. The molecular weight excluding hydrogens is 278 g/mol. The third kappa shape index (κ3) is 3.71. The van der Waals surface area contributed by atoms with Crippen LogP contribution in [0.1, 0.15) is 17.2 Å². The molecule has 1 aromatic heterocycles. The number of rotatable bonds is 5. The molecule has 0 spiro atoms. The van der Waals surface area contributed by atoms with E-state index in [0.717, 1.165) is 32.7 Å². The van der Waals surface area contributed by atoms with Gasteiger partial charge >= 0.3 is 0 Å². The summed E-state index contributed by atoms with van der Waals surface area (Å²) in [5, 5.41) is 4.37. The molecule has 0 amide bonds. The van der Waals surface area contributed by atoms with Gasteiger partial charge in [0.1, 0.15) is 0 Å². The maximum Gasteiger partial charge on any atom is 0.0479 e. The van der Waals surface area contributed by atoms with Gasteiger partial charge in [-0.3, -0.25) is 9.80 Å². The lowest BCUT2D eigenvalue weighted by molar-refractivity contribution is 0.0943. The van der Waals surface area contributed by atoms with Crippen molar-refractivity contribution in [2.45, 2.75) is 12.6 Å². The van der Waals surface area contributed by atoms with Crippen LogP contribution in [-0.4, -0.2) is 42.5 Å². The van der Waals surface area contributed by atoms with E-state index in [-0.39, 0.29) is 0 Å². The van der Waals surface area contributed by atoms with Gasteiger partial charge in [0, 0.05) is 45.3 Å². The molecule has 1 aromatic carbocycles. The van der Waals surface area contributed by atoms with Crippen LogP contribution in [0.2, 0.25) is 0 Å². The number of hydrogen-bond acceptors (Lipinski definition) is 4. The molecule has 1 unspecified atom stereocenters. The topological polar surface area (TPSA) is 32.5 Å². The number of nitrogens with two attached hydrogens (primary N) is 1. The van der Waals surface area contributed by atoms with Crippen molar-refractivity contribution in [1.29, 1.82) is 0 Å². The third-order valence-electron chi connectivity index (χ3n) is 4.25. The highest BCUT2D eigenvalue weighted by Crippen LogP contribution is 2.23. The number of nitrogens with zero attached hydrogens (tertiary/aromatic N) is 2. The van der Waals surface area contributed by atoms with Gasteiger partial charge in [-0.15, -0.1) is 0 Å². The first-order valence-corrected chi connectivity index (χ1v) is 8.53. The van der Waals surface area contributed by atoms with Gasteiger partial charge < -0.3 is 5.73 Å². The lowest BCUT2D eigenvalue weighted by atomic mass is 10.1. The number of benzene rings is 1. The lowest BCUT2D eigenvalue weighted by Gasteiger charge is -2.38. The number of piperazine rings is 1. The molecule has 1 atom stereocenters. The Bertz CT molecular complexity index is 518. The standard InChI is InChI=1S/C17H23N3S/c18-12-17(16-6-11-21-14-16)20-9-7-19(8-10-20)13-15-4-2-1-3-5-15/h1-6,11,14,17H,7-10,12-13,18H2. The zero-order chi connectivity index (χ0) is 14.5. The quantitative estimate of drug-likeness (QED) is 0.921. The Morgan fingerprint density at radius 1 is 1.05 bits per heavy atom. The van der Waals surface area contributed by atoms with Crippen molar-refractivity contribution in [3.8, 4) is 0 Å². The maximum atomic E-state index is 6.00. The highest BCUT2D eigenvalue weighted by Gasteiger charge is 2.24. The average molecular weight is 301 g/mol. The summed E-state index contributed by atoms with van der Waals surface area (Å²) in [7, 11) is 0. The van der Waals surface area contributed by atoms with Crippen molar-refractivity contribution in [3.63, 3.8) is 0 Å². The van der Waals surface area contributed by atoms with Crippen LogP contribution in [-0.2, 0) is 6.54 Å². The molecule has 3 rings (SSSR count). The van der Waals surface area contributed by atoms with Crippen molar-refractivity contribution in [3.05, 3.63) is 58.3 Å². The smallest absolute Gasteiger partial charge is 0.0479 e. The van der Waals surface area contributed by atoms with Gasteiger partial charge in [0.15, 0.2) is 0 Å². The zero-order valence-corrected chi connectivity index (χ0v) is 13.1. The highest BCUT2D eigenvalue weighted by molar-refractivity contribution is 7.07. The number of hydrogen-bond donors (Lipinski definition) is 1. The monoisotopic (exact) mass is 301 g/mol. The van der Waals surface area contributed by atoms with Crippen LogP contribution < -0.4 is 5.73 Å². The second-order valence-corrected chi connectivity index (χ2v) is 6.39. The largest absolute Gasteiger partial charge is 0.329 e. The molecular formula is C17H23N3S. The Labute approximate surface area is 131 Å². The summed E-state index contributed by atoms with van der Waals surface area (Å²) < 4.78 is 0. The van der Waals surface area contributed by atoms with E-state index in [1.165, 1.54) is 11.1 Å². The van der Waals surface area contributed by atoms with Gasteiger partial charge in [0.05, 0.1) is 0 Å². The Hall–Kier alpha value is -1.20. The van der Waals surface area contributed by atoms with E-state index in [9.17, 15) is 0 Å². The summed E-state index contributed by atoms with van der Waals surface area (Å²) in [6.07, 6.45) is 0. The molecule has 1 saturated heterocycles. The van der Waals surface area contributed by atoms with Crippen LogP contribution in [0.25, 0.3) is 0 Å². The second-order valence-electron chi connectivity index (χ2n) is 5.61. The molecule has 1 aliphatic heterocycles. The predicted molar refractivity (Wildman–Crippen MR) is 89.4 cm³/mol. The molecule has 1 aliphatic rings. The van der Waals surface area contributed by atoms with Crippen molar-refractivity contribution in [2.24, 2.45) is 5.73 Å². The molecule has 0 saturated carbocycles. The van der Waals surface area contributed by atoms with E-state index < -0.39 is 0 Å². The first-order chi connectivity index (χ1) is 10.4. The van der Waals surface area contributed by atoms with Crippen LogP contribution in [0.15, 0.2) is 47.2 Å². The third-order valence-corrected chi connectivity index (χ3v) is 4.95. The van der Waals surface area contributed by atoms with E-state index >= 15 is 0 Å². The molecule has 0 bridgehead atoms. The molecule has 3 nitrogen and oxygen atoms in total. The predicted octanol–water partition coefficient (Wildman–Crippen LogP) is 2.57. The summed E-state index contributed by atoms with van der Waals surface area (Å²) >= 11 is 1.76. The number of thiophene rings is 1. The van der Waals surface area contributed by atoms with Crippen LogP contribution >= 0.6 is 11.3 Å². The van der Waals surface area contributed by atoms with E-state index in [1.807, 2.05) is 0 Å². The van der Waals surface area contributed by atoms with Gasteiger partial charge in [0.2, 0.25) is 0 Å². The Morgan fingerprint density at radius 2 is 1.81 bits per heavy atom. The summed E-state index contributed by atoms with van der Waals surface area (Å²) in [4.78, 5) is 5.07. The van der Waals surface area contributed by atoms with E-state index in [4.69, 9.17) is 5.73 Å². The summed E-state index contributed by atoms with van der Waals surface area (Å²) in [5.41, 5.74) is 8.78. The van der Waals surface area contributed by atoms with Crippen molar-refractivity contribution < 1.29 is 0 Å². The molecule has 2 N–H and O–H groups in total. The van der Waals surface area contributed by atoms with Gasteiger partial charge in [0.25, 0.3) is 0 Å². The SMILES string of the molecule is NCC(c1ccsc1)N1CCN(Cc2ccccc2)CC1. The first-order valence-electron chi connectivity index (χ1n) is 7.59. The second kappa shape index (κ2) is 7.18.